The number of rotatable bonds is 19. The van der Waals surface area contributed by atoms with Crippen LogP contribution < -0.4 is 5.32 Å². The van der Waals surface area contributed by atoms with Gasteiger partial charge in [0.05, 0.1) is 6.42 Å². The van der Waals surface area contributed by atoms with Crippen molar-refractivity contribution in [3.8, 4) is 0 Å². The summed E-state index contributed by atoms with van der Waals surface area (Å²) < 4.78 is 11.2. The van der Waals surface area contributed by atoms with Crippen LogP contribution >= 0.6 is 0 Å². The predicted molar refractivity (Wildman–Crippen MR) is 152 cm³/mol. The van der Waals surface area contributed by atoms with Gasteiger partial charge in [0.1, 0.15) is 18.2 Å². The molecule has 39 heavy (non-hydrogen) atoms. The first-order chi connectivity index (χ1) is 18.9. The van der Waals surface area contributed by atoms with Gasteiger partial charge in [-0.05, 0) is 62.5 Å². The highest BCUT2D eigenvalue weighted by molar-refractivity contribution is 5.85. The van der Waals surface area contributed by atoms with Crippen LogP contribution in [0.2, 0.25) is 0 Å². The Morgan fingerprint density at radius 1 is 0.795 bits per heavy atom. The number of benzene rings is 2. The molecule has 1 amide bonds. The fourth-order valence-corrected chi connectivity index (χ4v) is 4.68. The van der Waals surface area contributed by atoms with E-state index in [-0.39, 0.29) is 6.61 Å². The number of nitrogens with one attached hydrogen (secondary N) is 1. The summed E-state index contributed by atoms with van der Waals surface area (Å²) in [4.78, 5) is 37.1. The Bertz CT molecular complexity index is 971. The van der Waals surface area contributed by atoms with Crippen molar-refractivity contribution in [1.82, 2.24) is 5.32 Å². The zero-order valence-corrected chi connectivity index (χ0v) is 23.5. The van der Waals surface area contributed by atoms with Crippen LogP contribution in [0.5, 0.6) is 0 Å². The molecule has 0 heterocycles. The third-order valence-corrected chi connectivity index (χ3v) is 6.92. The number of ether oxygens (including phenoxy) is 2. The molecule has 1 atom stereocenters. The molecule has 0 spiro atoms. The van der Waals surface area contributed by atoms with Crippen molar-refractivity contribution in [3.05, 3.63) is 71.8 Å². The number of hydrogen-bond donors (Lipinski definition) is 2. The lowest BCUT2D eigenvalue weighted by Crippen LogP contribution is -2.44. The second-order valence-corrected chi connectivity index (χ2v) is 10.2. The highest BCUT2D eigenvalue weighted by atomic mass is 16.6. The Labute approximate surface area is 233 Å². The number of carboxylic acids is 1. The van der Waals surface area contributed by atoms with Gasteiger partial charge in [0.2, 0.25) is 0 Å². The average molecular weight is 540 g/mol. The Morgan fingerprint density at radius 3 is 1.92 bits per heavy atom. The molecular formula is C32H45NO6. The van der Waals surface area contributed by atoms with Crippen LogP contribution in [0.25, 0.3) is 0 Å². The Hall–Kier alpha value is -3.35. The largest absolute Gasteiger partial charge is 0.480 e. The topological polar surface area (TPSA) is 102 Å². The van der Waals surface area contributed by atoms with Crippen molar-refractivity contribution in [2.24, 2.45) is 0 Å². The van der Waals surface area contributed by atoms with Crippen LogP contribution in [0.3, 0.4) is 0 Å². The molecule has 0 saturated heterocycles. The van der Waals surface area contributed by atoms with Crippen molar-refractivity contribution in [2.45, 2.75) is 109 Å². The van der Waals surface area contributed by atoms with Gasteiger partial charge in [-0.3, -0.25) is 4.79 Å². The number of unbranched alkanes of at least 4 members (excludes halogenated alkanes) is 4. The maximum absolute atomic E-state index is 13.1. The van der Waals surface area contributed by atoms with Gasteiger partial charge in [0, 0.05) is 0 Å². The summed E-state index contributed by atoms with van der Waals surface area (Å²) in [6, 6.07) is 18.1. The van der Waals surface area contributed by atoms with Crippen LogP contribution in [0.4, 0.5) is 4.79 Å². The van der Waals surface area contributed by atoms with Crippen LogP contribution in [0.15, 0.2) is 60.7 Å². The minimum absolute atomic E-state index is 0.00484. The number of carbonyl (C=O) groups excluding carboxylic acids is 2. The second-order valence-electron chi connectivity index (χ2n) is 10.2. The molecule has 2 aromatic carbocycles. The van der Waals surface area contributed by atoms with E-state index in [1.165, 1.54) is 5.56 Å². The highest BCUT2D eigenvalue weighted by Gasteiger charge is 2.35. The Balaban J connectivity index is 1.96. The van der Waals surface area contributed by atoms with Crippen molar-refractivity contribution < 1.29 is 29.0 Å². The van der Waals surface area contributed by atoms with Gasteiger partial charge in [-0.2, -0.15) is 0 Å². The van der Waals surface area contributed by atoms with Gasteiger partial charge >= 0.3 is 18.0 Å². The minimum Gasteiger partial charge on any atom is -0.480 e. The summed E-state index contributed by atoms with van der Waals surface area (Å²) in [5.74, 6) is -1.92. The van der Waals surface area contributed by atoms with E-state index in [0.29, 0.717) is 0 Å². The number of esters is 1. The molecule has 0 aliphatic rings. The first-order valence-corrected chi connectivity index (χ1v) is 14.3. The maximum atomic E-state index is 13.1. The Kier molecular flexibility index (Phi) is 14.7. The van der Waals surface area contributed by atoms with E-state index in [2.05, 4.69) is 43.4 Å². The van der Waals surface area contributed by atoms with Crippen molar-refractivity contribution >= 4 is 18.0 Å². The zero-order valence-electron chi connectivity index (χ0n) is 23.5. The van der Waals surface area contributed by atoms with E-state index in [1.807, 2.05) is 24.3 Å². The molecule has 0 unspecified atom stereocenters. The summed E-state index contributed by atoms with van der Waals surface area (Å²) in [5.41, 5.74) is 1.48. The van der Waals surface area contributed by atoms with Crippen LogP contribution in [0, 0.1) is 0 Å². The van der Waals surface area contributed by atoms with Gasteiger partial charge in [0.15, 0.2) is 0 Å². The lowest BCUT2D eigenvalue weighted by Gasteiger charge is -2.34. The molecule has 2 N–H and O–H groups in total. The molecule has 0 bridgehead atoms. The quantitative estimate of drug-likeness (QED) is 0.144. The van der Waals surface area contributed by atoms with E-state index in [4.69, 9.17) is 9.47 Å². The third kappa shape index (κ3) is 12.8. The molecule has 0 aliphatic carbocycles. The molecule has 2 rings (SSSR count). The number of hydrogen-bond acceptors (Lipinski definition) is 5. The van der Waals surface area contributed by atoms with Gasteiger partial charge in [-0.1, -0.05) is 93.8 Å². The second kappa shape index (κ2) is 18.0. The van der Waals surface area contributed by atoms with E-state index < -0.39 is 36.1 Å². The molecule has 7 heteroatoms. The van der Waals surface area contributed by atoms with Crippen molar-refractivity contribution in [1.29, 1.82) is 0 Å². The molecule has 0 aromatic heterocycles. The molecule has 0 saturated carbocycles. The lowest BCUT2D eigenvalue weighted by molar-refractivity contribution is -0.165. The Morgan fingerprint density at radius 2 is 1.36 bits per heavy atom. The minimum atomic E-state index is -1.43. The van der Waals surface area contributed by atoms with Crippen molar-refractivity contribution in [3.63, 3.8) is 0 Å². The smallest absolute Gasteiger partial charge is 0.408 e. The summed E-state index contributed by atoms with van der Waals surface area (Å²) in [6.07, 6.45) is 8.74. The molecule has 0 radical (unpaired) electrons. The third-order valence-electron chi connectivity index (χ3n) is 6.92. The maximum Gasteiger partial charge on any atom is 0.408 e. The normalized spacial score (nSPS) is 11.9. The van der Waals surface area contributed by atoms with Gasteiger partial charge < -0.3 is 19.9 Å². The van der Waals surface area contributed by atoms with E-state index in [1.54, 1.807) is 12.1 Å². The summed E-state index contributed by atoms with van der Waals surface area (Å²) in [6.45, 7) is 4.22. The van der Waals surface area contributed by atoms with E-state index in [0.717, 1.165) is 76.2 Å². The number of aryl methyl sites for hydroxylation is 1. The number of aliphatic carboxylic acids is 1. The molecule has 0 aliphatic heterocycles. The molecule has 214 valence electrons. The fourth-order valence-electron chi connectivity index (χ4n) is 4.68. The molecule has 7 nitrogen and oxygen atoms in total. The number of alkyl carbamates (subject to hydrolysis) is 1. The monoisotopic (exact) mass is 539 g/mol. The van der Waals surface area contributed by atoms with Crippen molar-refractivity contribution in [2.75, 3.05) is 0 Å². The van der Waals surface area contributed by atoms with Crippen LogP contribution in [-0.4, -0.2) is 34.8 Å². The zero-order chi connectivity index (χ0) is 28.3. The number of carboxylic acid groups (broad SMARTS) is 1. The molecule has 2 aromatic rings. The molecule has 0 fully saturated rings. The van der Waals surface area contributed by atoms with Gasteiger partial charge in [-0.25, -0.2) is 9.59 Å². The predicted octanol–water partition coefficient (Wildman–Crippen LogP) is 7.22. The number of amides is 1. The first-order valence-electron chi connectivity index (χ1n) is 14.3. The average Bonchev–Trinajstić information content (AvgIpc) is 2.94. The number of carbonyl (C=O) groups is 3. The van der Waals surface area contributed by atoms with Crippen LogP contribution in [0.1, 0.15) is 95.6 Å². The fraction of sp³-hybridized carbons (Fsp3) is 0.531. The standard InChI is InChI=1S/C32H45NO6/c1-3-5-21-32(22-6-4-2,23-15-9-14-18-26-16-10-7-11-17-26)39-29(34)24-28(30(35)36)33-31(37)38-25-27-19-12-8-13-20-27/h7-8,10-13,16-17,19-20,28H,3-6,9,14-15,18,21-25H2,1-2H3,(H,33,37)(H,35,36)/t28-/m0/s1. The summed E-state index contributed by atoms with van der Waals surface area (Å²) in [7, 11) is 0. The molecular weight excluding hydrogens is 494 g/mol. The van der Waals surface area contributed by atoms with Crippen LogP contribution in [-0.2, 0) is 32.1 Å². The first kappa shape index (κ1) is 31.9. The highest BCUT2D eigenvalue weighted by Crippen LogP contribution is 2.33. The summed E-state index contributed by atoms with van der Waals surface area (Å²) in [5, 5.41) is 12.0. The van der Waals surface area contributed by atoms with Gasteiger partial charge in [0.25, 0.3) is 0 Å². The van der Waals surface area contributed by atoms with E-state index >= 15 is 0 Å². The van der Waals surface area contributed by atoms with E-state index in [9.17, 15) is 19.5 Å². The summed E-state index contributed by atoms with van der Waals surface area (Å²) >= 11 is 0. The lowest BCUT2D eigenvalue weighted by atomic mass is 9.85. The van der Waals surface area contributed by atoms with Gasteiger partial charge in [-0.15, -0.1) is 0 Å². The SMILES string of the molecule is CCCCC(CCCC)(CCCCCc1ccccc1)OC(=O)C[C@H](NC(=O)OCc1ccccc1)C(=O)O.